The molecule has 4 nitrogen and oxygen atoms in total. The van der Waals surface area contributed by atoms with Crippen molar-refractivity contribution < 1.29 is 0 Å². The molecule has 0 aliphatic rings. The third-order valence-corrected chi connectivity index (χ3v) is 3.82. The minimum Gasteiger partial charge on any atom is -0.399 e. The number of fused-ring (bicyclic) bond motifs is 1. The number of anilines is 1. The highest BCUT2D eigenvalue weighted by molar-refractivity contribution is 6.30. The Bertz CT molecular complexity index is 915. The topological polar surface area (TPSA) is 60.9 Å². The van der Waals surface area contributed by atoms with Crippen molar-refractivity contribution in [1.82, 2.24) is 9.55 Å². The van der Waals surface area contributed by atoms with Gasteiger partial charge in [0.2, 0.25) is 0 Å². The van der Waals surface area contributed by atoms with E-state index >= 15 is 0 Å². The predicted molar refractivity (Wildman–Crippen MR) is 86.6 cm³/mol. The van der Waals surface area contributed by atoms with Crippen molar-refractivity contribution in [1.29, 1.82) is 0 Å². The molecule has 0 atom stereocenters. The van der Waals surface area contributed by atoms with Gasteiger partial charge in [-0.2, -0.15) is 0 Å². The molecule has 0 radical (unpaired) electrons. The summed E-state index contributed by atoms with van der Waals surface area (Å²) in [5.41, 5.74) is 9.62. The van der Waals surface area contributed by atoms with E-state index in [2.05, 4.69) is 4.98 Å². The van der Waals surface area contributed by atoms with Crippen LogP contribution in [0.3, 0.4) is 0 Å². The van der Waals surface area contributed by atoms with Crippen LogP contribution in [-0.4, -0.2) is 9.55 Å². The van der Waals surface area contributed by atoms with Gasteiger partial charge in [0.1, 0.15) is 5.15 Å². The normalized spacial score (nSPS) is 11.0. The first-order chi connectivity index (χ1) is 9.97. The molecule has 106 valence electrons. The molecule has 3 rings (SSSR count). The van der Waals surface area contributed by atoms with Crippen LogP contribution >= 0.6 is 11.6 Å². The van der Waals surface area contributed by atoms with Gasteiger partial charge in [-0.3, -0.25) is 4.79 Å². The van der Waals surface area contributed by atoms with Gasteiger partial charge in [0.15, 0.2) is 0 Å². The fourth-order valence-corrected chi connectivity index (χ4v) is 2.67. The number of pyridine rings is 2. The summed E-state index contributed by atoms with van der Waals surface area (Å²) in [7, 11) is 1.73. The van der Waals surface area contributed by atoms with Gasteiger partial charge in [0.05, 0.1) is 5.52 Å². The van der Waals surface area contributed by atoms with Crippen LogP contribution in [0, 0.1) is 6.92 Å². The van der Waals surface area contributed by atoms with Gasteiger partial charge in [-0.15, -0.1) is 0 Å². The minimum atomic E-state index is -0.0716. The molecule has 5 heteroatoms. The molecule has 0 saturated heterocycles. The first-order valence-corrected chi connectivity index (χ1v) is 6.87. The molecule has 0 aliphatic heterocycles. The highest BCUT2D eigenvalue weighted by atomic mass is 35.5. The van der Waals surface area contributed by atoms with Crippen molar-refractivity contribution in [2.75, 3.05) is 5.73 Å². The van der Waals surface area contributed by atoms with Crippen LogP contribution in [0.15, 0.2) is 41.3 Å². The predicted octanol–water partition coefficient (Wildman–Crippen LogP) is 3.14. The van der Waals surface area contributed by atoms with Crippen LogP contribution in [0.2, 0.25) is 5.15 Å². The molecule has 2 N–H and O–H groups in total. The number of benzene rings is 1. The zero-order chi connectivity index (χ0) is 15.1. The van der Waals surface area contributed by atoms with Crippen molar-refractivity contribution in [2.45, 2.75) is 6.92 Å². The molecule has 2 aromatic heterocycles. The van der Waals surface area contributed by atoms with Crippen LogP contribution in [0.25, 0.3) is 22.0 Å². The van der Waals surface area contributed by atoms with Crippen molar-refractivity contribution in [3.63, 3.8) is 0 Å². The number of nitrogen functional groups attached to an aromatic ring is 1. The number of halogens is 1. The Balaban J connectivity index is 2.36. The smallest absolute Gasteiger partial charge is 0.258 e. The number of aromatic nitrogens is 2. The summed E-state index contributed by atoms with van der Waals surface area (Å²) in [6.45, 7) is 1.94. The zero-order valence-corrected chi connectivity index (χ0v) is 12.5. The highest BCUT2D eigenvalue weighted by Gasteiger charge is 2.11. The molecule has 0 bridgehead atoms. The maximum Gasteiger partial charge on any atom is 0.258 e. The van der Waals surface area contributed by atoms with Crippen LogP contribution in [-0.2, 0) is 7.05 Å². The molecule has 0 saturated carbocycles. The standard InChI is InChI=1S/C16H14ClN3O/c1-9-5-11(18)3-4-12(9)13-6-10-8-19-15(17)7-14(10)20(2)16(13)21/h3-8H,18H2,1-2H3. The Morgan fingerprint density at radius 2 is 1.95 bits per heavy atom. The number of aryl methyl sites for hydroxylation is 2. The van der Waals surface area contributed by atoms with Gasteiger partial charge in [0.25, 0.3) is 5.56 Å². The maximum absolute atomic E-state index is 12.6. The summed E-state index contributed by atoms with van der Waals surface area (Å²) in [4.78, 5) is 16.7. The molecule has 0 amide bonds. The van der Waals surface area contributed by atoms with E-state index < -0.39 is 0 Å². The number of hydrogen-bond donors (Lipinski definition) is 1. The lowest BCUT2D eigenvalue weighted by atomic mass is 10.00. The largest absolute Gasteiger partial charge is 0.399 e. The Morgan fingerprint density at radius 3 is 2.67 bits per heavy atom. The third-order valence-electron chi connectivity index (χ3n) is 3.62. The van der Waals surface area contributed by atoms with Crippen molar-refractivity contribution in [3.8, 4) is 11.1 Å². The lowest BCUT2D eigenvalue weighted by molar-refractivity contribution is 0.907. The second-order valence-corrected chi connectivity index (χ2v) is 5.45. The molecular weight excluding hydrogens is 286 g/mol. The van der Waals surface area contributed by atoms with Gasteiger partial charge in [-0.1, -0.05) is 17.7 Å². The number of nitrogens with two attached hydrogens (primary N) is 1. The molecule has 1 aromatic carbocycles. The summed E-state index contributed by atoms with van der Waals surface area (Å²) in [6.07, 6.45) is 1.67. The fraction of sp³-hybridized carbons (Fsp3) is 0.125. The first kappa shape index (κ1) is 13.6. The van der Waals surface area contributed by atoms with E-state index in [1.54, 1.807) is 29.9 Å². The molecule has 0 aliphatic carbocycles. The second kappa shape index (κ2) is 4.90. The van der Waals surface area contributed by atoms with Gasteiger partial charge in [-0.25, -0.2) is 4.98 Å². The van der Waals surface area contributed by atoms with E-state index in [1.807, 2.05) is 25.1 Å². The van der Waals surface area contributed by atoms with Crippen LogP contribution < -0.4 is 11.3 Å². The minimum absolute atomic E-state index is 0.0716. The average Bonchev–Trinajstić information content (AvgIpc) is 2.44. The van der Waals surface area contributed by atoms with Crippen LogP contribution in [0.1, 0.15) is 5.56 Å². The van der Waals surface area contributed by atoms with E-state index in [0.29, 0.717) is 16.4 Å². The van der Waals surface area contributed by atoms with Crippen LogP contribution in [0.5, 0.6) is 0 Å². The van der Waals surface area contributed by atoms with Gasteiger partial charge < -0.3 is 10.3 Å². The molecular formula is C16H14ClN3O. The number of nitrogens with zero attached hydrogens (tertiary/aromatic N) is 2. The van der Waals surface area contributed by atoms with Crippen molar-refractivity contribution >= 4 is 28.2 Å². The maximum atomic E-state index is 12.6. The fourth-order valence-electron chi connectivity index (χ4n) is 2.52. The summed E-state index contributed by atoms with van der Waals surface area (Å²) >= 11 is 5.90. The molecule has 0 spiro atoms. The van der Waals surface area contributed by atoms with E-state index in [-0.39, 0.29) is 5.56 Å². The molecule has 3 aromatic rings. The van der Waals surface area contributed by atoms with E-state index in [1.165, 1.54) is 0 Å². The van der Waals surface area contributed by atoms with Gasteiger partial charge >= 0.3 is 0 Å². The number of rotatable bonds is 1. The highest BCUT2D eigenvalue weighted by Crippen LogP contribution is 2.25. The molecule has 2 heterocycles. The van der Waals surface area contributed by atoms with Gasteiger partial charge in [-0.05, 0) is 42.3 Å². The van der Waals surface area contributed by atoms with E-state index in [9.17, 15) is 4.79 Å². The first-order valence-electron chi connectivity index (χ1n) is 6.49. The van der Waals surface area contributed by atoms with Crippen molar-refractivity contribution in [2.24, 2.45) is 7.05 Å². The quantitative estimate of drug-likeness (QED) is 0.554. The lowest BCUT2D eigenvalue weighted by Gasteiger charge is -2.11. The molecule has 21 heavy (non-hydrogen) atoms. The zero-order valence-electron chi connectivity index (χ0n) is 11.7. The Hall–Kier alpha value is -2.33. The summed E-state index contributed by atoms with van der Waals surface area (Å²) in [5.74, 6) is 0. The SMILES string of the molecule is Cc1cc(N)ccc1-c1cc2cnc(Cl)cc2n(C)c1=O. The second-order valence-electron chi connectivity index (χ2n) is 5.06. The average molecular weight is 300 g/mol. The monoisotopic (exact) mass is 299 g/mol. The Morgan fingerprint density at radius 1 is 1.19 bits per heavy atom. The van der Waals surface area contributed by atoms with Crippen molar-refractivity contribution in [3.05, 3.63) is 57.6 Å². The van der Waals surface area contributed by atoms with E-state index in [0.717, 1.165) is 22.0 Å². The molecule has 0 unspecified atom stereocenters. The Labute approximate surface area is 126 Å². The molecule has 0 fully saturated rings. The van der Waals surface area contributed by atoms with E-state index in [4.69, 9.17) is 17.3 Å². The van der Waals surface area contributed by atoms with Gasteiger partial charge in [0, 0.05) is 29.9 Å². The summed E-state index contributed by atoms with van der Waals surface area (Å²) in [6, 6.07) is 9.07. The van der Waals surface area contributed by atoms with Crippen LogP contribution in [0.4, 0.5) is 5.69 Å². The summed E-state index contributed by atoms with van der Waals surface area (Å²) < 4.78 is 1.59. The lowest BCUT2D eigenvalue weighted by Crippen LogP contribution is -2.19. The third kappa shape index (κ3) is 2.28. The summed E-state index contributed by atoms with van der Waals surface area (Å²) in [5, 5.41) is 1.24. The number of hydrogen-bond acceptors (Lipinski definition) is 3. The Kier molecular flexibility index (Phi) is 3.18.